The summed E-state index contributed by atoms with van der Waals surface area (Å²) >= 11 is 0. The fourth-order valence-electron chi connectivity index (χ4n) is 3.93. The van der Waals surface area contributed by atoms with Crippen molar-refractivity contribution in [3.63, 3.8) is 0 Å². The molecule has 3 aromatic rings. The molecule has 0 saturated heterocycles. The molecule has 0 radical (unpaired) electrons. The summed E-state index contributed by atoms with van der Waals surface area (Å²) in [5, 5.41) is 13.9. The number of benzene rings is 2. The molecule has 42 heavy (non-hydrogen) atoms. The monoisotopic (exact) mass is 599 g/mol. The van der Waals surface area contributed by atoms with Gasteiger partial charge in [0.25, 0.3) is 11.8 Å². The summed E-state index contributed by atoms with van der Waals surface area (Å²) in [4.78, 5) is 26.4. The maximum Gasteiger partial charge on any atom is 0.275 e. The number of rotatable bonds is 8. The zero-order valence-corrected chi connectivity index (χ0v) is 26.6. The first kappa shape index (κ1) is 32.4. The second-order valence-corrected chi connectivity index (χ2v) is 14.2. The van der Waals surface area contributed by atoms with Crippen LogP contribution in [0.1, 0.15) is 80.4 Å². The Bertz CT molecular complexity index is 1620. The molecule has 5 N–H and O–H groups in total. The van der Waals surface area contributed by atoms with Crippen LogP contribution in [0.3, 0.4) is 0 Å². The number of nitrogen functional groups attached to an aromatic ring is 1. The van der Waals surface area contributed by atoms with Crippen LogP contribution >= 0.6 is 0 Å². The van der Waals surface area contributed by atoms with Gasteiger partial charge in [-0.1, -0.05) is 52.8 Å². The molecule has 12 nitrogen and oxygen atoms in total. The van der Waals surface area contributed by atoms with Crippen molar-refractivity contribution in [2.24, 2.45) is 5.41 Å². The van der Waals surface area contributed by atoms with E-state index in [1.807, 2.05) is 55.4 Å². The van der Waals surface area contributed by atoms with Crippen LogP contribution in [0.2, 0.25) is 0 Å². The van der Waals surface area contributed by atoms with Crippen LogP contribution in [0.5, 0.6) is 5.75 Å². The Labute approximate surface area is 247 Å². The molecule has 1 aromatic heterocycles. The van der Waals surface area contributed by atoms with Crippen molar-refractivity contribution in [3.8, 4) is 11.4 Å². The maximum absolute atomic E-state index is 13.5. The van der Waals surface area contributed by atoms with E-state index in [0.29, 0.717) is 5.69 Å². The highest BCUT2D eigenvalue weighted by Gasteiger charge is 2.27. The van der Waals surface area contributed by atoms with Crippen LogP contribution in [0.15, 0.2) is 30.3 Å². The molecule has 0 aliphatic heterocycles. The Hall–Kier alpha value is -4.13. The average Bonchev–Trinajstić information content (AvgIpc) is 3.23. The number of carbonyl (C=O) groups is 2. The number of anilines is 3. The molecule has 0 spiro atoms. The Morgan fingerprint density at radius 3 is 2.19 bits per heavy atom. The third-order valence-electron chi connectivity index (χ3n) is 6.97. The van der Waals surface area contributed by atoms with Gasteiger partial charge in [0.15, 0.2) is 17.3 Å². The molecule has 0 bridgehead atoms. The van der Waals surface area contributed by atoms with Gasteiger partial charge in [-0.05, 0) is 60.1 Å². The van der Waals surface area contributed by atoms with E-state index in [1.165, 1.54) is 11.8 Å². The fraction of sp³-hybridized carbons (Fsp3) is 0.448. The molecule has 228 valence electrons. The van der Waals surface area contributed by atoms with Gasteiger partial charge in [0.05, 0.1) is 30.4 Å². The summed E-state index contributed by atoms with van der Waals surface area (Å²) in [6.45, 7) is 15.7. The number of aryl methyl sites for hydroxylation is 1. The molecule has 1 heterocycles. The van der Waals surface area contributed by atoms with Crippen LogP contribution in [-0.4, -0.2) is 54.6 Å². The van der Waals surface area contributed by atoms with Crippen LogP contribution in [0, 0.1) is 12.3 Å². The van der Waals surface area contributed by atoms with Crippen LogP contribution in [-0.2, 0) is 15.4 Å². The number of aromatic nitrogens is 3. The number of ether oxygens (including phenoxy) is 1. The van der Waals surface area contributed by atoms with E-state index in [9.17, 15) is 18.0 Å². The van der Waals surface area contributed by atoms with Gasteiger partial charge >= 0.3 is 0 Å². The summed E-state index contributed by atoms with van der Waals surface area (Å²) in [5.74, 6) is -0.737. The fourth-order valence-corrected chi connectivity index (χ4v) is 4.48. The lowest BCUT2D eigenvalue weighted by Gasteiger charge is -2.27. The number of amides is 2. The number of nitrogens with one attached hydrogen (secondary N) is 3. The molecule has 0 aliphatic carbocycles. The predicted octanol–water partition coefficient (Wildman–Crippen LogP) is 4.25. The van der Waals surface area contributed by atoms with E-state index < -0.39 is 21.8 Å². The van der Waals surface area contributed by atoms with Crippen molar-refractivity contribution in [2.75, 3.05) is 29.1 Å². The summed E-state index contributed by atoms with van der Waals surface area (Å²) in [6.07, 6.45) is 1.04. The molecule has 0 fully saturated rings. The van der Waals surface area contributed by atoms with E-state index in [4.69, 9.17) is 10.5 Å². The summed E-state index contributed by atoms with van der Waals surface area (Å²) in [6, 6.07) is 8.23. The Balaban J connectivity index is 2.00. The molecule has 2 aromatic carbocycles. The third-order valence-corrected chi connectivity index (χ3v) is 7.56. The Kier molecular flexibility index (Phi) is 8.97. The normalized spacial score (nSPS) is 12.9. The quantitative estimate of drug-likeness (QED) is 0.298. The van der Waals surface area contributed by atoms with Crippen LogP contribution in [0.25, 0.3) is 5.69 Å². The summed E-state index contributed by atoms with van der Waals surface area (Å²) < 4.78 is 33.4. The Morgan fingerprint density at radius 1 is 1.02 bits per heavy atom. The SMILES string of the molecule is COc1c(NC(=O)c2ccc(C)c(-n3nnc(C(=O)N[C@@H](C)C(C)(C)C)c3N)c2)cc(C(C)(C)C)cc1NS(C)(=O)=O. The van der Waals surface area contributed by atoms with Gasteiger partial charge < -0.3 is 21.1 Å². The van der Waals surface area contributed by atoms with E-state index >= 15 is 0 Å². The van der Waals surface area contributed by atoms with Gasteiger partial charge in [-0.2, -0.15) is 4.68 Å². The van der Waals surface area contributed by atoms with Crippen LogP contribution < -0.4 is 25.8 Å². The minimum atomic E-state index is -3.63. The van der Waals surface area contributed by atoms with Crippen molar-refractivity contribution in [1.82, 2.24) is 20.3 Å². The number of sulfonamides is 1. The van der Waals surface area contributed by atoms with Gasteiger partial charge in [0.2, 0.25) is 10.0 Å². The van der Waals surface area contributed by atoms with Crippen molar-refractivity contribution in [1.29, 1.82) is 0 Å². The lowest BCUT2D eigenvalue weighted by molar-refractivity contribution is 0.0905. The number of nitrogens with zero attached hydrogens (tertiary/aromatic N) is 3. The van der Waals surface area contributed by atoms with Crippen molar-refractivity contribution < 1.29 is 22.7 Å². The minimum Gasteiger partial charge on any atom is -0.492 e. The zero-order valence-electron chi connectivity index (χ0n) is 25.8. The lowest BCUT2D eigenvalue weighted by Crippen LogP contribution is -2.41. The molecule has 0 aliphatic rings. The molecule has 2 amide bonds. The number of hydrogen-bond donors (Lipinski definition) is 4. The predicted molar refractivity (Wildman–Crippen MR) is 165 cm³/mol. The van der Waals surface area contributed by atoms with Gasteiger partial charge in [-0.15, -0.1) is 5.10 Å². The maximum atomic E-state index is 13.5. The van der Waals surface area contributed by atoms with Gasteiger partial charge in [0, 0.05) is 11.6 Å². The number of methoxy groups -OCH3 is 1. The number of nitrogens with two attached hydrogens (primary N) is 1. The second-order valence-electron chi connectivity index (χ2n) is 12.5. The minimum absolute atomic E-state index is 0.0185. The first-order valence-corrected chi connectivity index (χ1v) is 15.3. The molecule has 0 unspecified atom stereocenters. The summed E-state index contributed by atoms with van der Waals surface area (Å²) in [7, 11) is -2.24. The zero-order chi connectivity index (χ0) is 31.8. The molecule has 13 heteroatoms. The Morgan fingerprint density at radius 2 is 1.64 bits per heavy atom. The van der Waals surface area contributed by atoms with Crippen LogP contribution in [0.4, 0.5) is 17.2 Å². The van der Waals surface area contributed by atoms with E-state index in [2.05, 4.69) is 25.7 Å². The molecule has 0 saturated carbocycles. The highest BCUT2D eigenvalue weighted by molar-refractivity contribution is 7.92. The largest absolute Gasteiger partial charge is 0.492 e. The molecular formula is C29H41N7O5S. The van der Waals surface area contributed by atoms with E-state index in [1.54, 1.807) is 30.3 Å². The average molecular weight is 600 g/mol. The topological polar surface area (TPSA) is 170 Å². The van der Waals surface area contributed by atoms with E-state index in [-0.39, 0.29) is 51.1 Å². The molecule has 1 atom stereocenters. The smallest absolute Gasteiger partial charge is 0.275 e. The van der Waals surface area contributed by atoms with E-state index in [0.717, 1.165) is 17.4 Å². The van der Waals surface area contributed by atoms with Gasteiger partial charge in [-0.25, -0.2) is 8.42 Å². The molecular weight excluding hydrogens is 558 g/mol. The van der Waals surface area contributed by atoms with Gasteiger partial charge in [0.1, 0.15) is 0 Å². The third kappa shape index (κ3) is 7.38. The first-order valence-electron chi connectivity index (χ1n) is 13.4. The second kappa shape index (κ2) is 11.6. The standard InChI is InChI=1S/C29H41N7O5S/c1-16-11-12-18(13-22(16)36-25(30)23(33-35-36)27(38)31-17(2)28(3,4)5)26(37)32-20-14-19(29(6,7)8)15-21(24(20)41-9)34-42(10,39)40/h11-15,17,34H,30H2,1-10H3,(H,31,38)(H,32,37)/t17-/m0/s1. The number of hydrogen-bond acceptors (Lipinski definition) is 8. The highest BCUT2D eigenvalue weighted by atomic mass is 32.2. The van der Waals surface area contributed by atoms with Gasteiger partial charge in [-0.3, -0.25) is 14.3 Å². The highest BCUT2D eigenvalue weighted by Crippen LogP contribution is 2.39. The number of carbonyl (C=O) groups excluding carboxylic acids is 2. The molecule has 3 rings (SSSR count). The lowest BCUT2D eigenvalue weighted by atomic mass is 9.86. The first-order chi connectivity index (χ1) is 19.2. The van der Waals surface area contributed by atoms with Crippen molar-refractivity contribution in [2.45, 2.75) is 66.8 Å². The summed E-state index contributed by atoms with van der Waals surface area (Å²) in [5.41, 5.74) is 8.48. The van der Waals surface area contributed by atoms with Crippen molar-refractivity contribution in [3.05, 3.63) is 52.7 Å². The van der Waals surface area contributed by atoms with Crippen molar-refractivity contribution >= 4 is 39.0 Å².